The van der Waals surface area contributed by atoms with Crippen LogP contribution in [0.1, 0.15) is 19.4 Å². The Morgan fingerprint density at radius 3 is 2.71 bits per heavy atom. The molecule has 0 spiro atoms. The van der Waals surface area contributed by atoms with Crippen molar-refractivity contribution in [3.05, 3.63) is 35.0 Å². The topological polar surface area (TPSA) is 34.1 Å². The third kappa shape index (κ3) is 2.35. The highest BCUT2D eigenvalue weighted by atomic mass is 32.2. The van der Waals surface area contributed by atoms with E-state index in [9.17, 15) is 12.8 Å². The zero-order valence-corrected chi connectivity index (χ0v) is 11.2. The van der Waals surface area contributed by atoms with Gasteiger partial charge in [-0.05, 0) is 36.2 Å². The minimum absolute atomic E-state index is 0.0197. The Labute approximate surface area is 104 Å². The predicted molar refractivity (Wildman–Crippen MR) is 69.5 cm³/mol. The van der Waals surface area contributed by atoms with Crippen molar-refractivity contribution in [2.75, 3.05) is 0 Å². The average molecular weight is 272 g/mol. The smallest absolute Gasteiger partial charge is 0.156 e. The van der Waals surface area contributed by atoms with Crippen molar-refractivity contribution in [2.24, 2.45) is 0 Å². The van der Waals surface area contributed by atoms with Crippen LogP contribution >= 0.6 is 11.3 Å². The molecule has 1 aromatic heterocycles. The molecular formula is C12H13FO2S2. The predicted octanol–water partition coefficient (Wildman–Crippen LogP) is 3.36. The van der Waals surface area contributed by atoms with E-state index >= 15 is 0 Å². The Morgan fingerprint density at radius 2 is 2.06 bits per heavy atom. The van der Waals surface area contributed by atoms with E-state index in [0.29, 0.717) is 15.6 Å². The number of halogens is 1. The quantitative estimate of drug-likeness (QED) is 0.858. The molecule has 1 aromatic carbocycles. The van der Waals surface area contributed by atoms with Crippen LogP contribution in [-0.2, 0) is 15.6 Å². The summed E-state index contributed by atoms with van der Waals surface area (Å²) >= 11 is 1.25. The van der Waals surface area contributed by atoms with Gasteiger partial charge in [0.15, 0.2) is 9.84 Å². The molecule has 0 N–H and O–H groups in total. The van der Waals surface area contributed by atoms with E-state index in [-0.39, 0.29) is 11.6 Å². The molecule has 0 aliphatic heterocycles. The summed E-state index contributed by atoms with van der Waals surface area (Å²) in [5, 5.41) is 2.03. The number of rotatable bonds is 3. The lowest BCUT2D eigenvalue weighted by molar-refractivity contribution is 0.586. The summed E-state index contributed by atoms with van der Waals surface area (Å²) in [6.07, 6.45) is 0. The molecule has 0 aliphatic carbocycles. The normalized spacial score (nSPS) is 12.5. The minimum atomic E-state index is -3.14. The fourth-order valence-electron chi connectivity index (χ4n) is 1.57. The summed E-state index contributed by atoms with van der Waals surface area (Å²) in [5.41, 5.74) is 0.693. The van der Waals surface area contributed by atoms with Gasteiger partial charge in [-0.1, -0.05) is 12.1 Å². The molecule has 2 nitrogen and oxygen atoms in total. The molecule has 5 heteroatoms. The highest BCUT2D eigenvalue weighted by Crippen LogP contribution is 2.29. The second-order valence-electron chi connectivity index (χ2n) is 4.23. The molecule has 0 saturated carbocycles. The zero-order chi connectivity index (χ0) is 12.6. The molecule has 0 atom stereocenters. The van der Waals surface area contributed by atoms with Gasteiger partial charge in [0.25, 0.3) is 0 Å². The van der Waals surface area contributed by atoms with E-state index in [4.69, 9.17) is 0 Å². The van der Waals surface area contributed by atoms with Gasteiger partial charge in [0.1, 0.15) is 5.82 Å². The maximum absolute atomic E-state index is 13.5. The summed E-state index contributed by atoms with van der Waals surface area (Å²) in [6.45, 7) is 3.31. The van der Waals surface area contributed by atoms with E-state index in [1.165, 1.54) is 17.4 Å². The lowest BCUT2D eigenvalue weighted by atomic mass is 10.2. The highest BCUT2D eigenvalue weighted by molar-refractivity contribution is 7.91. The lowest BCUT2D eigenvalue weighted by Crippen LogP contribution is -2.15. The Bertz CT molecular complexity index is 642. The van der Waals surface area contributed by atoms with E-state index in [1.54, 1.807) is 31.4 Å². The zero-order valence-electron chi connectivity index (χ0n) is 9.60. The third-order valence-electron chi connectivity index (χ3n) is 2.71. The SMILES string of the molecule is CC(C)S(=O)(=O)Cc1csc2c(F)cccc12. The molecule has 1 heterocycles. The number of hydrogen-bond donors (Lipinski definition) is 0. The maximum atomic E-state index is 13.5. The van der Waals surface area contributed by atoms with Crippen LogP contribution in [-0.4, -0.2) is 13.7 Å². The molecule has 17 heavy (non-hydrogen) atoms. The second-order valence-corrected chi connectivity index (χ2v) is 7.67. The van der Waals surface area contributed by atoms with Crippen LogP contribution in [0.4, 0.5) is 4.39 Å². The van der Waals surface area contributed by atoms with Gasteiger partial charge in [0, 0.05) is 0 Å². The fraction of sp³-hybridized carbons (Fsp3) is 0.333. The third-order valence-corrected chi connectivity index (χ3v) is 5.91. The Balaban J connectivity index is 2.48. The van der Waals surface area contributed by atoms with Gasteiger partial charge in [-0.25, -0.2) is 12.8 Å². The van der Waals surface area contributed by atoms with Crippen molar-refractivity contribution < 1.29 is 12.8 Å². The van der Waals surface area contributed by atoms with Crippen LogP contribution < -0.4 is 0 Å². The molecule has 2 aromatic rings. The number of hydrogen-bond acceptors (Lipinski definition) is 3. The van der Waals surface area contributed by atoms with E-state index in [0.717, 1.165) is 0 Å². The van der Waals surface area contributed by atoms with Crippen molar-refractivity contribution in [3.8, 4) is 0 Å². The van der Waals surface area contributed by atoms with Gasteiger partial charge in [0.05, 0.1) is 15.7 Å². The van der Waals surface area contributed by atoms with Crippen molar-refractivity contribution in [2.45, 2.75) is 24.9 Å². The number of benzene rings is 1. The van der Waals surface area contributed by atoms with Crippen molar-refractivity contribution >= 4 is 31.3 Å². The van der Waals surface area contributed by atoms with Gasteiger partial charge >= 0.3 is 0 Å². The fourth-order valence-corrected chi connectivity index (χ4v) is 3.66. The van der Waals surface area contributed by atoms with Gasteiger partial charge in [-0.2, -0.15) is 0 Å². The first-order valence-corrected chi connectivity index (χ1v) is 7.87. The van der Waals surface area contributed by atoms with Crippen LogP contribution in [0, 0.1) is 5.82 Å². The minimum Gasteiger partial charge on any atom is -0.228 e. The van der Waals surface area contributed by atoms with E-state index in [1.807, 2.05) is 0 Å². The highest BCUT2D eigenvalue weighted by Gasteiger charge is 2.19. The van der Waals surface area contributed by atoms with Gasteiger partial charge in [0.2, 0.25) is 0 Å². The van der Waals surface area contributed by atoms with Crippen molar-refractivity contribution in [1.29, 1.82) is 0 Å². The van der Waals surface area contributed by atoms with Crippen LogP contribution in [0.25, 0.3) is 10.1 Å². The first kappa shape index (κ1) is 12.5. The van der Waals surface area contributed by atoms with Crippen LogP contribution in [0.15, 0.2) is 23.6 Å². The molecule has 0 saturated heterocycles. The number of thiophene rings is 1. The van der Waals surface area contributed by atoms with E-state index in [2.05, 4.69) is 0 Å². The first-order chi connectivity index (χ1) is 7.92. The monoisotopic (exact) mass is 272 g/mol. The van der Waals surface area contributed by atoms with E-state index < -0.39 is 15.1 Å². The van der Waals surface area contributed by atoms with Crippen molar-refractivity contribution in [3.63, 3.8) is 0 Å². The molecule has 2 rings (SSSR count). The van der Waals surface area contributed by atoms with Crippen LogP contribution in [0.2, 0.25) is 0 Å². The molecule has 0 fully saturated rings. The average Bonchev–Trinajstić information content (AvgIpc) is 2.62. The van der Waals surface area contributed by atoms with Gasteiger partial charge in [-0.15, -0.1) is 11.3 Å². The van der Waals surface area contributed by atoms with Crippen LogP contribution in [0.5, 0.6) is 0 Å². The van der Waals surface area contributed by atoms with Gasteiger partial charge in [-0.3, -0.25) is 0 Å². The van der Waals surface area contributed by atoms with Crippen LogP contribution in [0.3, 0.4) is 0 Å². The molecule has 0 bridgehead atoms. The summed E-state index contributed by atoms with van der Waals surface area (Å²) in [7, 11) is -3.14. The Hall–Kier alpha value is -0.940. The van der Waals surface area contributed by atoms with Crippen molar-refractivity contribution in [1.82, 2.24) is 0 Å². The maximum Gasteiger partial charge on any atom is 0.156 e. The largest absolute Gasteiger partial charge is 0.228 e. The molecule has 0 amide bonds. The summed E-state index contributed by atoms with van der Waals surface area (Å²) in [5.74, 6) is -0.311. The first-order valence-electron chi connectivity index (χ1n) is 5.28. The molecule has 0 unspecified atom stereocenters. The number of fused-ring (bicyclic) bond motifs is 1. The van der Waals surface area contributed by atoms with Gasteiger partial charge < -0.3 is 0 Å². The lowest BCUT2D eigenvalue weighted by Gasteiger charge is -2.06. The summed E-state index contributed by atoms with van der Waals surface area (Å²) in [4.78, 5) is 0. The summed E-state index contributed by atoms with van der Waals surface area (Å²) < 4.78 is 37.7. The molecule has 0 radical (unpaired) electrons. The Morgan fingerprint density at radius 1 is 1.35 bits per heavy atom. The Kier molecular flexibility index (Phi) is 3.23. The number of sulfone groups is 1. The second kappa shape index (κ2) is 4.38. The summed E-state index contributed by atoms with van der Waals surface area (Å²) in [6, 6.07) is 4.76. The molecule has 0 aliphatic rings. The standard InChI is InChI=1S/C12H13FO2S2/c1-8(2)17(14,15)7-9-6-16-12-10(9)4-3-5-11(12)13/h3-6,8H,7H2,1-2H3. The molecule has 92 valence electrons. The molecular weight excluding hydrogens is 259 g/mol.